The van der Waals surface area contributed by atoms with Crippen molar-refractivity contribution in [2.45, 2.75) is 20.4 Å². The summed E-state index contributed by atoms with van der Waals surface area (Å²) < 4.78 is 1.89. The van der Waals surface area contributed by atoms with Gasteiger partial charge in [-0.05, 0) is 42.8 Å². The molecular formula is C13H16ClN3. The number of halogens is 1. The number of benzene rings is 1. The lowest BCUT2D eigenvalue weighted by Crippen LogP contribution is -2.14. The van der Waals surface area contributed by atoms with Crippen molar-refractivity contribution in [3.05, 3.63) is 46.7 Å². The van der Waals surface area contributed by atoms with E-state index in [1.54, 1.807) is 0 Å². The van der Waals surface area contributed by atoms with E-state index in [-0.39, 0.29) is 0 Å². The van der Waals surface area contributed by atoms with Gasteiger partial charge in [-0.2, -0.15) is 5.10 Å². The summed E-state index contributed by atoms with van der Waals surface area (Å²) in [5.74, 6) is 0. The molecule has 0 atom stereocenters. The molecule has 3 nitrogen and oxygen atoms in total. The Balaban J connectivity index is 2.38. The first-order valence-electron chi connectivity index (χ1n) is 5.71. The van der Waals surface area contributed by atoms with Gasteiger partial charge >= 0.3 is 0 Å². The lowest BCUT2D eigenvalue weighted by atomic mass is 10.1. The van der Waals surface area contributed by atoms with Gasteiger partial charge in [0.25, 0.3) is 0 Å². The van der Waals surface area contributed by atoms with Gasteiger partial charge < -0.3 is 5.32 Å². The van der Waals surface area contributed by atoms with Crippen LogP contribution < -0.4 is 5.32 Å². The second kappa shape index (κ2) is 5.34. The van der Waals surface area contributed by atoms with Gasteiger partial charge in [0.2, 0.25) is 0 Å². The maximum absolute atomic E-state index is 6.03. The standard InChI is InChI=1S/C13H16ClN3/c1-3-15-8-11-6-12(14)4-5-13(11)17-9-10(2)7-16-17/h4-7,9,15H,3,8H2,1-2H3. The Morgan fingerprint density at radius 2 is 2.24 bits per heavy atom. The first-order valence-corrected chi connectivity index (χ1v) is 6.09. The largest absolute Gasteiger partial charge is 0.313 e. The van der Waals surface area contributed by atoms with Crippen molar-refractivity contribution >= 4 is 11.6 Å². The fourth-order valence-corrected chi connectivity index (χ4v) is 1.92. The Morgan fingerprint density at radius 1 is 1.41 bits per heavy atom. The lowest BCUT2D eigenvalue weighted by Gasteiger charge is -2.10. The first-order chi connectivity index (χ1) is 8.20. The zero-order chi connectivity index (χ0) is 12.3. The molecule has 0 spiro atoms. The zero-order valence-corrected chi connectivity index (χ0v) is 10.8. The van der Waals surface area contributed by atoms with E-state index in [2.05, 4.69) is 17.3 Å². The van der Waals surface area contributed by atoms with Gasteiger partial charge in [0.05, 0.1) is 11.9 Å². The molecule has 1 N–H and O–H groups in total. The van der Waals surface area contributed by atoms with Crippen molar-refractivity contribution in [2.24, 2.45) is 0 Å². The van der Waals surface area contributed by atoms with E-state index < -0.39 is 0 Å². The minimum atomic E-state index is 0.755. The van der Waals surface area contributed by atoms with Crippen LogP contribution in [0, 0.1) is 6.92 Å². The highest BCUT2D eigenvalue weighted by molar-refractivity contribution is 6.30. The molecule has 1 aromatic heterocycles. The molecule has 2 aromatic rings. The van der Waals surface area contributed by atoms with Crippen LogP contribution >= 0.6 is 11.6 Å². The maximum Gasteiger partial charge on any atom is 0.0691 e. The molecule has 90 valence electrons. The van der Waals surface area contributed by atoms with Gasteiger partial charge in [-0.3, -0.25) is 0 Å². The normalized spacial score (nSPS) is 10.8. The third kappa shape index (κ3) is 2.87. The molecular weight excluding hydrogens is 234 g/mol. The van der Waals surface area contributed by atoms with Crippen molar-refractivity contribution in [2.75, 3.05) is 6.54 Å². The van der Waals surface area contributed by atoms with Gasteiger partial charge in [-0.1, -0.05) is 18.5 Å². The number of rotatable bonds is 4. The molecule has 0 aliphatic rings. The van der Waals surface area contributed by atoms with E-state index in [0.717, 1.165) is 34.9 Å². The van der Waals surface area contributed by atoms with E-state index in [1.807, 2.05) is 42.2 Å². The van der Waals surface area contributed by atoms with Crippen LogP contribution in [0.5, 0.6) is 0 Å². The molecule has 0 saturated heterocycles. The highest BCUT2D eigenvalue weighted by Gasteiger charge is 2.06. The second-order valence-electron chi connectivity index (χ2n) is 4.02. The molecule has 0 unspecified atom stereocenters. The lowest BCUT2D eigenvalue weighted by molar-refractivity contribution is 0.717. The van der Waals surface area contributed by atoms with E-state index in [4.69, 9.17) is 11.6 Å². The number of nitrogens with zero attached hydrogens (tertiary/aromatic N) is 2. The summed E-state index contributed by atoms with van der Waals surface area (Å²) in [5.41, 5.74) is 3.38. The van der Waals surface area contributed by atoms with E-state index in [9.17, 15) is 0 Å². The molecule has 0 amide bonds. The smallest absolute Gasteiger partial charge is 0.0691 e. The topological polar surface area (TPSA) is 29.9 Å². The number of aromatic nitrogens is 2. The molecule has 0 fully saturated rings. The minimum absolute atomic E-state index is 0.755. The minimum Gasteiger partial charge on any atom is -0.313 e. The van der Waals surface area contributed by atoms with Gasteiger partial charge in [-0.25, -0.2) is 4.68 Å². The summed E-state index contributed by atoms with van der Waals surface area (Å²) in [6.07, 6.45) is 3.87. The quantitative estimate of drug-likeness (QED) is 0.903. The third-order valence-electron chi connectivity index (χ3n) is 2.57. The Hall–Kier alpha value is -1.32. The number of aryl methyl sites for hydroxylation is 1. The monoisotopic (exact) mass is 249 g/mol. The van der Waals surface area contributed by atoms with Crippen LogP contribution in [0.3, 0.4) is 0 Å². The van der Waals surface area contributed by atoms with Crippen molar-refractivity contribution in [3.8, 4) is 5.69 Å². The number of hydrogen-bond acceptors (Lipinski definition) is 2. The van der Waals surface area contributed by atoms with E-state index >= 15 is 0 Å². The second-order valence-corrected chi connectivity index (χ2v) is 4.45. The van der Waals surface area contributed by atoms with Crippen LogP contribution in [0.4, 0.5) is 0 Å². The average molecular weight is 250 g/mol. The Kier molecular flexibility index (Phi) is 3.82. The fourth-order valence-electron chi connectivity index (χ4n) is 1.72. The highest BCUT2D eigenvalue weighted by atomic mass is 35.5. The molecule has 0 aliphatic heterocycles. The summed E-state index contributed by atoms with van der Waals surface area (Å²) in [5, 5.41) is 8.39. The number of nitrogens with one attached hydrogen (secondary N) is 1. The van der Waals surface area contributed by atoms with Crippen molar-refractivity contribution in [1.82, 2.24) is 15.1 Å². The van der Waals surface area contributed by atoms with Crippen LogP contribution in [0.15, 0.2) is 30.6 Å². The van der Waals surface area contributed by atoms with Gasteiger partial charge in [-0.15, -0.1) is 0 Å². The average Bonchev–Trinajstić information content (AvgIpc) is 2.73. The molecule has 17 heavy (non-hydrogen) atoms. The van der Waals surface area contributed by atoms with Crippen LogP contribution in [-0.2, 0) is 6.54 Å². The van der Waals surface area contributed by atoms with Crippen molar-refractivity contribution in [3.63, 3.8) is 0 Å². The van der Waals surface area contributed by atoms with E-state index in [0.29, 0.717) is 0 Å². The summed E-state index contributed by atoms with van der Waals surface area (Å²) in [4.78, 5) is 0. The summed E-state index contributed by atoms with van der Waals surface area (Å²) >= 11 is 6.03. The van der Waals surface area contributed by atoms with Crippen LogP contribution in [-0.4, -0.2) is 16.3 Å². The van der Waals surface area contributed by atoms with Crippen molar-refractivity contribution < 1.29 is 0 Å². The van der Waals surface area contributed by atoms with Crippen molar-refractivity contribution in [1.29, 1.82) is 0 Å². The van der Waals surface area contributed by atoms with Gasteiger partial charge in [0.15, 0.2) is 0 Å². The van der Waals surface area contributed by atoms with Crippen LogP contribution in [0.1, 0.15) is 18.1 Å². The molecule has 0 saturated carbocycles. The highest BCUT2D eigenvalue weighted by Crippen LogP contribution is 2.19. The summed E-state index contributed by atoms with van der Waals surface area (Å²) in [7, 11) is 0. The SMILES string of the molecule is CCNCc1cc(Cl)ccc1-n1cc(C)cn1. The third-order valence-corrected chi connectivity index (χ3v) is 2.80. The molecule has 0 radical (unpaired) electrons. The van der Waals surface area contributed by atoms with Gasteiger partial charge in [0.1, 0.15) is 0 Å². The Labute approximate surface area is 106 Å². The predicted molar refractivity (Wildman–Crippen MR) is 70.7 cm³/mol. The fraction of sp³-hybridized carbons (Fsp3) is 0.308. The molecule has 4 heteroatoms. The van der Waals surface area contributed by atoms with E-state index in [1.165, 1.54) is 0 Å². The molecule has 1 heterocycles. The molecule has 0 aliphatic carbocycles. The Morgan fingerprint density at radius 3 is 2.88 bits per heavy atom. The first kappa shape index (κ1) is 12.1. The van der Waals surface area contributed by atoms with Crippen LogP contribution in [0.2, 0.25) is 5.02 Å². The molecule has 1 aromatic carbocycles. The van der Waals surface area contributed by atoms with Crippen LogP contribution in [0.25, 0.3) is 5.69 Å². The number of hydrogen-bond donors (Lipinski definition) is 1. The molecule has 2 rings (SSSR count). The Bertz CT molecular complexity index is 505. The maximum atomic E-state index is 6.03. The summed E-state index contributed by atoms with van der Waals surface area (Å²) in [6.45, 7) is 5.85. The molecule has 0 bridgehead atoms. The summed E-state index contributed by atoms with van der Waals surface area (Å²) in [6, 6.07) is 5.88. The van der Waals surface area contributed by atoms with Gasteiger partial charge in [0, 0.05) is 17.8 Å². The predicted octanol–water partition coefficient (Wildman–Crippen LogP) is 2.94. The zero-order valence-electron chi connectivity index (χ0n) is 10.1.